The number of amides is 1. The van der Waals surface area contributed by atoms with Crippen molar-refractivity contribution < 1.29 is 23.9 Å². The topological polar surface area (TPSA) is 118 Å². The Morgan fingerprint density at radius 2 is 1.91 bits per heavy atom. The summed E-state index contributed by atoms with van der Waals surface area (Å²) in [5.41, 5.74) is 2.21. The smallest absolute Gasteiger partial charge is 0.338 e. The summed E-state index contributed by atoms with van der Waals surface area (Å²) in [6, 6.07) is 11.7. The number of carbonyl (C=O) groups is 3. The van der Waals surface area contributed by atoms with Gasteiger partial charge in [0.1, 0.15) is 0 Å². The molecule has 0 aliphatic carbocycles. The van der Waals surface area contributed by atoms with Crippen LogP contribution in [-0.2, 0) is 14.3 Å². The molecule has 166 valence electrons. The van der Waals surface area contributed by atoms with Gasteiger partial charge in [-0.25, -0.2) is 9.59 Å². The molecule has 9 nitrogen and oxygen atoms in total. The molecule has 1 heterocycles. The van der Waals surface area contributed by atoms with Crippen molar-refractivity contribution in [3.8, 4) is 0 Å². The maximum Gasteiger partial charge on any atom is 0.338 e. The second kappa shape index (κ2) is 10.8. The minimum absolute atomic E-state index is 0.197. The zero-order valence-corrected chi connectivity index (χ0v) is 17.8. The number of hydrogen-bond donors (Lipinski definition) is 3. The molecular formula is C23H24N4O5. The van der Waals surface area contributed by atoms with E-state index < -0.39 is 11.9 Å². The Hall–Kier alpha value is -4.14. The molecule has 0 fully saturated rings. The molecule has 1 amide bonds. The first kappa shape index (κ1) is 22.5. The molecule has 3 N–H and O–H groups in total. The predicted molar refractivity (Wildman–Crippen MR) is 122 cm³/mol. The number of nitrogens with zero attached hydrogens (tertiary/aromatic N) is 1. The molecule has 2 aromatic rings. The van der Waals surface area contributed by atoms with E-state index in [1.54, 1.807) is 30.3 Å². The molecule has 1 aliphatic rings. The summed E-state index contributed by atoms with van der Waals surface area (Å²) in [5, 5.41) is 9.10. The first-order valence-corrected chi connectivity index (χ1v) is 9.95. The molecule has 0 bridgehead atoms. The molecule has 0 spiro atoms. The minimum Gasteiger partial charge on any atom is -0.466 e. The zero-order valence-electron chi connectivity index (χ0n) is 17.8. The molecule has 32 heavy (non-hydrogen) atoms. The number of esters is 2. The van der Waals surface area contributed by atoms with Crippen molar-refractivity contribution in [2.75, 3.05) is 37.9 Å². The number of aliphatic imine (C=N–C) groups is 1. The molecule has 0 saturated heterocycles. The lowest BCUT2D eigenvalue weighted by molar-refractivity contribution is -0.134. The summed E-state index contributed by atoms with van der Waals surface area (Å²) in [4.78, 5) is 40.7. The van der Waals surface area contributed by atoms with Crippen LogP contribution >= 0.6 is 0 Å². The van der Waals surface area contributed by atoms with Gasteiger partial charge < -0.3 is 25.4 Å². The van der Waals surface area contributed by atoms with Gasteiger partial charge in [0.2, 0.25) is 0 Å². The Morgan fingerprint density at radius 1 is 1.06 bits per heavy atom. The fourth-order valence-corrected chi connectivity index (χ4v) is 2.99. The van der Waals surface area contributed by atoms with Crippen molar-refractivity contribution >= 4 is 41.3 Å². The van der Waals surface area contributed by atoms with E-state index in [1.165, 1.54) is 32.4 Å². The first-order valence-electron chi connectivity index (χ1n) is 9.95. The number of methoxy groups -OCH3 is 2. The van der Waals surface area contributed by atoms with Crippen molar-refractivity contribution in [3.05, 3.63) is 65.2 Å². The highest BCUT2D eigenvalue weighted by atomic mass is 16.5. The number of anilines is 2. The summed E-state index contributed by atoms with van der Waals surface area (Å²) in [6.07, 6.45) is 3.63. The van der Waals surface area contributed by atoms with Crippen LogP contribution in [0, 0.1) is 0 Å². The van der Waals surface area contributed by atoms with Crippen LogP contribution < -0.4 is 16.0 Å². The molecule has 3 rings (SSSR count). The highest BCUT2D eigenvalue weighted by Gasteiger charge is 2.14. The zero-order chi connectivity index (χ0) is 22.9. The van der Waals surface area contributed by atoms with Gasteiger partial charge in [0.25, 0.3) is 5.91 Å². The number of carbonyl (C=O) groups excluding carboxylic acids is 3. The van der Waals surface area contributed by atoms with Crippen molar-refractivity contribution in [3.63, 3.8) is 0 Å². The van der Waals surface area contributed by atoms with Gasteiger partial charge in [0.15, 0.2) is 5.96 Å². The average molecular weight is 436 g/mol. The molecule has 0 radical (unpaired) electrons. The van der Waals surface area contributed by atoms with Crippen molar-refractivity contribution in [1.29, 1.82) is 0 Å². The molecule has 0 saturated carbocycles. The molecule has 0 unspecified atom stereocenters. The fraction of sp³-hybridized carbons (Fsp3) is 0.217. The van der Waals surface area contributed by atoms with Gasteiger partial charge in [-0.2, -0.15) is 0 Å². The van der Waals surface area contributed by atoms with Gasteiger partial charge in [-0.05, 0) is 48.4 Å². The maximum atomic E-state index is 12.8. The quantitative estimate of drug-likeness (QED) is 0.471. The molecule has 0 aromatic heterocycles. The van der Waals surface area contributed by atoms with E-state index in [4.69, 9.17) is 4.74 Å². The minimum atomic E-state index is -0.599. The van der Waals surface area contributed by atoms with Gasteiger partial charge in [0, 0.05) is 36.1 Å². The largest absolute Gasteiger partial charge is 0.466 e. The van der Waals surface area contributed by atoms with Crippen LogP contribution in [0.3, 0.4) is 0 Å². The summed E-state index contributed by atoms with van der Waals surface area (Å²) in [7, 11) is 2.52. The van der Waals surface area contributed by atoms with Gasteiger partial charge in [-0.1, -0.05) is 12.1 Å². The van der Waals surface area contributed by atoms with Crippen LogP contribution in [0.5, 0.6) is 0 Å². The third kappa shape index (κ3) is 5.94. The summed E-state index contributed by atoms with van der Waals surface area (Å²) in [6.45, 7) is 1.60. The average Bonchev–Trinajstić information content (AvgIpc) is 2.83. The number of hydrogen-bond acceptors (Lipinski definition) is 8. The van der Waals surface area contributed by atoms with Crippen LogP contribution in [0.25, 0.3) is 6.08 Å². The molecule has 9 heteroatoms. The Balaban J connectivity index is 1.77. The molecule has 1 aliphatic heterocycles. The van der Waals surface area contributed by atoms with Crippen molar-refractivity contribution in [2.24, 2.45) is 4.99 Å². The third-order valence-electron chi connectivity index (χ3n) is 4.60. The normalized spacial score (nSPS) is 13.0. The van der Waals surface area contributed by atoms with Crippen molar-refractivity contribution in [1.82, 2.24) is 5.32 Å². The summed E-state index contributed by atoms with van der Waals surface area (Å²) < 4.78 is 9.38. The van der Waals surface area contributed by atoms with Crippen molar-refractivity contribution in [2.45, 2.75) is 6.42 Å². The first-order chi connectivity index (χ1) is 15.5. The van der Waals surface area contributed by atoms with Crippen LogP contribution in [0.1, 0.15) is 32.7 Å². The standard InChI is InChI=1S/C23H24N4O5/c1-31-20(28)10-8-15-7-9-18(14-19(15)22(30)32-2)26-21(29)16-5-3-6-17(13-16)27-23-24-11-4-12-25-23/h3,5-10,13-14H,4,11-12H2,1-2H3,(H,26,29)(H2,24,25,27). The number of ether oxygens (including phenoxy) is 2. The SMILES string of the molecule is COC(=O)C=Cc1ccc(NC(=O)c2cccc(NC3=NCCCN3)c2)cc1C(=O)OC. The fourth-order valence-electron chi connectivity index (χ4n) is 2.99. The van der Waals surface area contributed by atoms with Crippen LogP contribution in [0.15, 0.2) is 53.5 Å². The molecule has 2 aromatic carbocycles. The van der Waals surface area contributed by atoms with Gasteiger partial charge in [-0.3, -0.25) is 9.79 Å². The number of guanidine groups is 1. The Kier molecular flexibility index (Phi) is 7.58. The monoisotopic (exact) mass is 436 g/mol. The highest BCUT2D eigenvalue weighted by molar-refractivity contribution is 6.06. The van der Waals surface area contributed by atoms with Crippen LogP contribution in [-0.4, -0.2) is 51.1 Å². The summed E-state index contributed by atoms with van der Waals surface area (Å²) in [5.74, 6) is -0.827. The van der Waals surface area contributed by atoms with E-state index in [0.29, 0.717) is 22.8 Å². The van der Waals surface area contributed by atoms with Gasteiger partial charge in [0.05, 0.1) is 19.8 Å². The Labute approximate surface area is 185 Å². The van der Waals surface area contributed by atoms with E-state index in [9.17, 15) is 14.4 Å². The van der Waals surface area contributed by atoms with Crippen LogP contribution in [0.2, 0.25) is 0 Å². The lowest BCUT2D eigenvalue weighted by Gasteiger charge is -2.16. The third-order valence-corrected chi connectivity index (χ3v) is 4.60. The van der Waals surface area contributed by atoms with E-state index in [0.717, 1.165) is 25.2 Å². The molecule has 0 atom stereocenters. The number of benzene rings is 2. The van der Waals surface area contributed by atoms with Gasteiger partial charge in [-0.15, -0.1) is 0 Å². The van der Waals surface area contributed by atoms with E-state index in [-0.39, 0.29) is 11.5 Å². The number of nitrogens with one attached hydrogen (secondary N) is 3. The van der Waals surface area contributed by atoms with Crippen LogP contribution in [0.4, 0.5) is 11.4 Å². The highest BCUT2D eigenvalue weighted by Crippen LogP contribution is 2.20. The van der Waals surface area contributed by atoms with E-state index in [1.807, 2.05) is 6.07 Å². The summed E-state index contributed by atoms with van der Waals surface area (Å²) >= 11 is 0. The van der Waals surface area contributed by atoms with E-state index >= 15 is 0 Å². The predicted octanol–water partition coefficient (Wildman–Crippen LogP) is 2.67. The number of rotatable bonds is 6. The second-order valence-corrected chi connectivity index (χ2v) is 6.82. The second-order valence-electron chi connectivity index (χ2n) is 6.82. The maximum absolute atomic E-state index is 12.8. The Morgan fingerprint density at radius 3 is 2.62 bits per heavy atom. The molecular weight excluding hydrogens is 412 g/mol. The lowest BCUT2D eigenvalue weighted by Crippen LogP contribution is -2.35. The van der Waals surface area contributed by atoms with E-state index in [2.05, 4.69) is 25.7 Å². The Bertz CT molecular complexity index is 1080. The van der Waals surface area contributed by atoms with Gasteiger partial charge >= 0.3 is 11.9 Å². The lowest BCUT2D eigenvalue weighted by atomic mass is 10.1.